The van der Waals surface area contributed by atoms with Gasteiger partial charge in [0, 0.05) is 22.3 Å². The van der Waals surface area contributed by atoms with E-state index in [4.69, 9.17) is 0 Å². The number of benzene rings is 1. The molecule has 0 fully saturated rings. The van der Waals surface area contributed by atoms with Crippen molar-refractivity contribution in [1.29, 1.82) is 0 Å². The number of halogens is 1. The van der Waals surface area contributed by atoms with Gasteiger partial charge in [0.2, 0.25) is 5.91 Å². The van der Waals surface area contributed by atoms with Gasteiger partial charge in [0.1, 0.15) is 0 Å². The van der Waals surface area contributed by atoms with Crippen LogP contribution in [0.5, 0.6) is 0 Å². The van der Waals surface area contributed by atoms with Crippen molar-refractivity contribution in [3.8, 4) is 0 Å². The zero-order chi connectivity index (χ0) is 17.6. The molecular formula is C17H24BrN3O2. The molecule has 0 atom stereocenters. The average Bonchev–Trinajstić information content (AvgIpc) is 2.44. The number of nitrogens with one attached hydrogen (secondary N) is 1. The van der Waals surface area contributed by atoms with E-state index in [1.807, 2.05) is 38.7 Å². The second-order valence-electron chi connectivity index (χ2n) is 5.93. The van der Waals surface area contributed by atoms with Gasteiger partial charge in [0.25, 0.3) is 5.91 Å². The van der Waals surface area contributed by atoms with Gasteiger partial charge in [0.15, 0.2) is 0 Å². The number of hydrazone groups is 1. The lowest BCUT2D eigenvalue weighted by Gasteiger charge is -2.30. The van der Waals surface area contributed by atoms with Crippen LogP contribution in [-0.4, -0.2) is 34.5 Å². The van der Waals surface area contributed by atoms with Crippen LogP contribution in [0.25, 0.3) is 0 Å². The normalized spacial score (nSPS) is 11.7. The monoisotopic (exact) mass is 381 g/mol. The smallest absolute Gasteiger partial charge is 0.272 e. The van der Waals surface area contributed by atoms with E-state index >= 15 is 0 Å². The molecule has 5 nitrogen and oxygen atoms in total. The summed E-state index contributed by atoms with van der Waals surface area (Å²) in [6.45, 7) is 9.67. The van der Waals surface area contributed by atoms with E-state index in [0.29, 0.717) is 15.7 Å². The van der Waals surface area contributed by atoms with E-state index in [1.165, 1.54) is 0 Å². The van der Waals surface area contributed by atoms with E-state index in [-0.39, 0.29) is 30.3 Å². The summed E-state index contributed by atoms with van der Waals surface area (Å²) in [5.74, 6) is -0.305. The molecule has 0 spiro atoms. The van der Waals surface area contributed by atoms with Crippen molar-refractivity contribution in [2.24, 2.45) is 5.10 Å². The van der Waals surface area contributed by atoms with Gasteiger partial charge in [-0.25, -0.2) is 5.43 Å². The number of hydrogen-bond acceptors (Lipinski definition) is 3. The fourth-order valence-corrected chi connectivity index (χ4v) is 2.84. The van der Waals surface area contributed by atoms with Gasteiger partial charge >= 0.3 is 0 Å². The Labute approximate surface area is 146 Å². The largest absolute Gasteiger partial charge is 0.338 e. The summed E-state index contributed by atoms with van der Waals surface area (Å²) in [7, 11) is 0. The highest BCUT2D eigenvalue weighted by Gasteiger charge is 2.20. The summed E-state index contributed by atoms with van der Waals surface area (Å²) in [6.07, 6.45) is 0.187. The molecule has 0 heterocycles. The lowest BCUT2D eigenvalue weighted by Crippen LogP contribution is -2.42. The maximum atomic E-state index is 12.3. The molecule has 1 N–H and O–H groups in total. The SMILES string of the molecule is C/C(CC(=O)N(C(C)C)C(C)C)=N/NC(=O)c1ccccc1Br. The van der Waals surface area contributed by atoms with Crippen LogP contribution in [0, 0.1) is 0 Å². The lowest BCUT2D eigenvalue weighted by atomic mass is 10.2. The maximum absolute atomic E-state index is 12.3. The first-order valence-corrected chi connectivity index (χ1v) is 8.42. The van der Waals surface area contributed by atoms with E-state index in [1.54, 1.807) is 25.1 Å². The molecule has 0 aliphatic carbocycles. The number of hydrogen-bond donors (Lipinski definition) is 1. The van der Waals surface area contributed by atoms with Gasteiger partial charge in [0.05, 0.1) is 12.0 Å². The minimum absolute atomic E-state index is 0.00592. The molecule has 2 amide bonds. The number of nitrogens with zero attached hydrogens (tertiary/aromatic N) is 2. The zero-order valence-electron chi connectivity index (χ0n) is 14.3. The third-order valence-corrected chi connectivity index (χ3v) is 3.97. The van der Waals surface area contributed by atoms with Gasteiger partial charge in [-0.05, 0) is 62.7 Å². The first kappa shape index (κ1) is 19.4. The van der Waals surface area contributed by atoms with Crippen LogP contribution in [0.1, 0.15) is 51.4 Å². The van der Waals surface area contributed by atoms with Crippen molar-refractivity contribution < 1.29 is 9.59 Å². The minimum Gasteiger partial charge on any atom is -0.338 e. The van der Waals surface area contributed by atoms with E-state index in [0.717, 1.165) is 0 Å². The molecule has 23 heavy (non-hydrogen) atoms. The Balaban J connectivity index is 2.69. The van der Waals surface area contributed by atoms with Crippen LogP contribution in [0.2, 0.25) is 0 Å². The van der Waals surface area contributed by atoms with Crippen LogP contribution < -0.4 is 5.43 Å². The van der Waals surface area contributed by atoms with Crippen molar-refractivity contribution in [3.63, 3.8) is 0 Å². The molecule has 126 valence electrons. The first-order valence-electron chi connectivity index (χ1n) is 7.63. The Morgan fingerprint density at radius 3 is 2.26 bits per heavy atom. The fraction of sp³-hybridized carbons (Fsp3) is 0.471. The molecule has 0 bridgehead atoms. The number of amides is 2. The van der Waals surface area contributed by atoms with Crippen molar-refractivity contribution in [2.45, 2.75) is 53.1 Å². The fourth-order valence-electron chi connectivity index (χ4n) is 2.37. The highest BCUT2D eigenvalue weighted by atomic mass is 79.9. The van der Waals surface area contributed by atoms with Crippen molar-refractivity contribution >= 4 is 33.5 Å². The topological polar surface area (TPSA) is 61.8 Å². The lowest BCUT2D eigenvalue weighted by molar-refractivity contribution is -0.133. The molecule has 0 aromatic heterocycles. The van der Waals surface area contributed by atoms with Gasteiger partial charge in [-0.2, -0.15) is 5.10 Å². The molecule has 0 radical (unpaired) electrons. The first-order chi connectivity index (χ1) is 10.7. The van der Waals surface area contributed by atoms with Crippen LogP contribution in [0.4, 0.5) is 0 Å². The number of carbonyl (C=O) groups is 2. The quantitative estimate of drug-likeness (QED) is 0.604. The van der Waals surface area contributed by atoms with E-state index in [9.17, 15) is 9.59 Å². The van der Waals surface area contributed by atoms with Gasteiger partial charge in [-0.15, -0.1) is 0 Å². The van der Waals surface area contributed by atoms with Crippen molar-refractivity contribution in [1.82, 2.24) is 10.3 Å². The Bertz CT molecular complexity index is 589. The summed E-state index contributed by atoms with van der Waals surface area (Å²) >= 11 is 3.33. The second kappa shape index (κ2) is 8.82. The molecule has 1 aromatic rings. The molecule has 0 saturated heterocycles. The summed E-state index contributed by atoms with van der Waals surface area (Å²) in [5.41, 5.74) is 3.56. The highest BCUT2D eigenvalue weighted by molar-refractivity contribution is 9.10. The molecular weight excluding hydrogens is 358 g/mol. The van der Waals surface area contributed by atoms with Crippen LogP contribution in [0.3, 0.4) is 0 Å². The molecule has 1 aromatic carbocycles. The number of carbonyl (C=O) groups excluding carboxylic acids is 2. The summed E-state index contributed by atoms with van der Waals surface area (Å²) in [5, 5.41) is 4.03. The van der Waals surface area contributed by atoms with Crippen LogP contribution in [-0.2, 0) is 4.79 Å². The predicted molar refractivity (Wildman–Crippen MR) is 96.5 cm³/mol. The molecule has 0 saturated carbocycles. The molecule has 0 aliphatic rings. The zero-order valence-corrected chi connectivity index (χ0v) is 15.8. The van der Waals surface area contributed by atoms with E-state index < -0.39 is 0 Å². The molecule has 0 unspecified atom stereocenters. The average molecular weight is 382 g/mol. The third-order valence-electron chi connectivity index (χ3n) is 3.27. The maximum Gasteiger partial charge on any atom is 0.272 e. The summed E-state index contributed by atoms with van der Waals surface area (Å²) in [6, 6.07) is 7.37. The van der Waals surface area contributed by atoms with Crippen LogP contribution in [0.15, 0.2) is 33.8 Å². The Hall–Kier alpha value is -1.69. The molecule has 1 rings (SSSR count). The summed E-state index contributed by atoms with van der Waals surface area (Å²) < 4.78 is 0.701. The van der Waals surface area contributed by atoms with Gasteiger partial charge < -0.3 is 4.90 Å². The minimum atomic E-state index is -0.311. The standard InChI is InChI=1S/C17H24BrN3O2/c1-11(2)21(12(3)4)16(22)10-13(5)19-20-17(23)14-8-6-7-9-15(14)18/h6-9,11-12H,10H2,1-5H3,(H,20,23)/b19-13-. The van der Waals surface area contributed by atoms with Gasteiger partial charge in [-0.1, -0.05) is 12.1 Å². The second-order valence-corrected chi connectivity index (χ2v) is 6.79. The van der Waals surface area contributed by atoms with Crippen LogP contribution >= 0.6 is 15.9 Å². The van der Waals surface area contributed by atoms with E-state index in [2.05, 4.69) is 26.5 Å². The third kappa shape index (κ3) is 5.78. The predicted octanol–water partition coefficient (Wildman–Crippen LogP) is 3.59. The Morgan fingerprint density at radius 1 is 1.17 bits per heavy atom. The Kier molecular flexibility index (Phi) is 7.42. The Morgan fingerprint density at radius 2 is 1.74 bits per heavy atom. The van der Waals surface area contributed by atoms with Crippen molar-refractivity contribution in [3.05, 3.63) is 34.3 Å². The van der Waals surface area contributed by atoms with Crippen molar-refractivity contribution in [2.75, 3.05) is 0 Å². The molecule has 0 aliphatic heterocycles. The summed E-state index contributed by atoms with van der Waals surface area (Å²) in [4.78, 5) is 26.2. The highest BCUT2D eigenvalue weighted by Crippen LogP contribution is 2.15. The number of rotatable bonds is 6. The molecule has 6 heteroatoms. The van der Waals surface area contributed by atoms with Gasteiger partial charge in [-0.3, -0.25) is 9.59 Å².